The van der Waals surface area contributed by atoms with Crippen molar-refractivity contribution in [2.45, 2.75) is 18.9 Å². The predicted molar refractivity (Wildman–Crippen MR) is 61.3 cm³/mol. The van der Waals surface area contributed by atoms with Crippen molar-refractivity contribution in [1.82, 2.24) is 25.3 Å². The topological polar surface area (TPSA) is 75.6 Å². The van der Waals surface area contributed by atoms with Crippen LogP contribution in [0.15, 0.2) is 18.5 Å². The molecule has 17 heavy (non-hydrogen) atoms. The summed E-state index contributed by atoms with van der Waals surface area (Å²) in [6.45, 7) is 0. The van der Waals surface area contributed by atoms with E-state index < -0.39 is 0 Å². The molecule has 6 nitrogen and oxygen atoms in total. The van der Waals surface area contributed by atoms with Gasteiger partial charge in [-0.1, -0.05) is 0 Å². The lowest BCUT2D eigenvalue weighted by atomic mass is 10.2. The van der Waals surface area contributed by atoms with Crippen LogP contribution in [-0.4, -0.2) is 31.9 Å². The zero-order chi connectivity index (χ0) is 11.8. The third kappa shape index (κ3) is 1.93. The second-order valence-corrected chi connectivity index (χ2v) is 4.28. The van der Waals surface area contributed by atoms with Gasteiger partial charge in [0.05, 0.1) is 17.5 Å². The molecule has 1 saturated carbocycles. The number of aryl methyl sites for hydroxylation is 1. The highest BCUT2D eigenvalue weighted by Gasteiger charge is 2.26. The maximum atomic E-state index is 12.0. The summed E-state index contributed by atoms with van der Waals surface area (Å²) in [5.41, 5.74) is 1.95. The number of carbonyl (C=O) groups excluding carboxylic acids is 1. The van der Waals surface area contributed by atoms with E-state index in [4.69, 9.17) is 0 Å². The van der Waals surface area contributed by atoms with Crippen molar-refractivity contribution in [2.75, 3.05) is 0 Å². The number of nitrogens with zero attached hydrogens (tertiary/aromatic N) is 3. The minimum absolute atomic E-state index is 0.0816. The Hall–Kier alpha value is -2.11. The second-order valence-electron chi connectivity index (χ2n) is 4.28. The van der Waals surface area contributed by atoms with Gasteiger partial charge in [0.15, 0.2) is 0 Å². The average Bonchev–Trinajstić information content (AvgIpc) is 2.81. The van der Waals surface area contributed by atoms with Gasteiger partial charge < -0.3 is 5.32 Å². The van der Waals surface area contributed by atoms with Gasteiger partial charge in [0.2, 0.25) is 0 Å². The molecule has 0 saturated heterocycles. The van der Waals surface area contributed by atoms with Crippen LogP contribution in [-0.2, 0) is 7.05 Å². The van der Waals surface area contributed by atoms with Crippen molar-refractivity contribution in [2.24, 2.45) is 7.05 Å². The van der Waals surface area contributed by atoms with Gasteiger partial charge in [-0.15, -0.1) is 0 Å². The first-order valence-electron chi connectivity index (χ1n) is 5.58. The maximum absolute atomic E-state index is 12.0. The summed E-state index contributed by atoms with van der Waals surface area (Å²) in [4.78, 5) is 12.0. The third-order valence-corrected chi connectivity index (χ3v) is 2.77. The summed E-state index contributed by atoms with van der Waals surface area (Å²) < 4.78 is 1.69. The van der Waals surface area contributed by atoms with Crippen LogP contribution in [0, 0.1) is 0 Å². The van der Waals surface area contributed by atoms with Gasteiger partial charge in [0.25, 0.3) is 5.91 Å². The number of aromatic nitrogens is 4. The Bertz CT molecular complexity index is 552. The first-order chi connectivity index (χ1) is 8.24. The minimum Gasteiger partial charge on any atom is -0.349 e. The quantitative estimate of drug-likeness (QED) is 0.816. The molecule has 0 atom stereocenters. The van der Waals surface area contributed by atoms with Gasteiger partial charge in [0, 0.05) is 19.3 Å². The number of nitrogens with one attached hydrogen (secondary N) is 2. The number of hydrogen-bond donors (Lipinski definition) is 2. The van der Waals surface area contributed by atoms with E-state index in [1.807, 2.05) is 19.3 Å². The smallest absolute Gasteiger partial charge is 0.255 e. The second kappa shape index (κ2) is 3.73. The van der Waals surface area contributed by atoms with E-state index in [2.05, 4.69) is 20.6 Å². The normalized spacial score (nSPS) is 14.9. The Morgan fingerprint density at radius 1 is 1.59 bits per heavy atom. The fourth-order valence-electron chi connectivity index (χ4n) is 1.69. The SMILES string of the molecule is Cn1ccc(-c2[nH]ncc2C(=O)NC2CC2)n1. The highest BCUT2D eigenvalue weighted by Crippen LogP contribution is 2.22. The van der Waals surface area contributed by atoms with Crippen LogP contribution in [0.2, 0.25) is 0 Å². The van der Waals surface area contributed by atoms with Crippen LogP contribution in [0.4, 0.5) is 0 Å². The largest absolute Gasteiger partial charge is 0.349 e. The molecule has 0 unspecified atom stereocenters. The van der Waals surface area contributed by atoms with Gasteiger partial charge in [-0.3, -0.25) is 14.6 Å². The van der Waals surface area contributed by atoms with Crippen LogP contribution in [0.5, 0.6) is 0 Å². The molecular formula is C11H13N5O. The summed E-state index contributed by atoms with van der Waals surface area (Å²) in [6.07, 6.45) is 5.52. The molecule has 2 aromatic rings. The van der Waals surface area contributed by atoms with Crippen LogP contribution >= 0.6 is 0 Å². The Kier molecular flexibility index (Phi) is 2.21. The van der Waals surface area contributed by atoms with E-state index >= 15 is 0 Å². The van der Waals surface area contributed by atoms with Crippen molar-refractivity contribution in [3.8, 4) is 11.4 Å². The fourth-order valence-corrected chi connectivity index (χ4v) is 1.69. The molecule has 0 bridgehead atoms. The molecule has 0 aromatic carbocycles. The van der Waals surface area contributed by atoms with E-state index in [-0.39, 0.29) is 5.91 Å². The zero-order valence-electron chi connectivity index (χ0n) is 9.47. The molecule has 1 fully saturated rings. The number of carbonyl (C=O) groups is 1. The molecule has 1 aliphatic rings. The lowest BCUT2D eigenvalue weighted by Gasteiger charge is -2.02. The van der Waals surface area contributed by atoms with E-state index in [0.717, 1.165) is 18.5 Å². The highest BCUT2D eigenvalue weighted by molar-refractivity contribution is 5.99. The van der Waals surface area contributed by atoms with E-state index in [0.29, 0.717) is 17.3 Å². The van der Waals surface area contributed by atoms with Gasteiger partial charge in [-0.2, -0.15) is 10.2 Å². The van der Waals surface area contributed by atoms with E-state index in [1.165, 1.54) is 0 Å². The molecule has 0 aliphatic heterocycles. The number of aromatic amines is 1. The molecule has 6 heteroatoms. The van der Waals surface area contributed by atoms with Gasteiger partial charge in [-0.25, -0.2) is 0 Å². The van der Waals surface area contributed by atoms with Gasteiger partial charge in [-0.05, 0) is 18.9 Å². The van der Waals surface area contributed by atoms with Gasteiger partial charge in [0.1, 0.15) is 5.69 Å². The Balaban J connectivity index is 1.90. The summed E-state index contributed by atoms with van der Waals surface area (Å²) in [7, 11) is 1.84. The van der Waals surface area contributed by atoms with E-state index in [9.17, 15) is 4.79 Å². The lowest BCUT2D eigenvalue weighted by Crippen LogP contribution is -2.25. The van der Waals surface area contributed by atoms with Gasteiger partial charge >= 0.3 is 0 Å². The van der Waals surface area contributed by atoms with Crippen LogP contribution in [0.25, 0.3) is 11.4 Å². The molecule has 2 N–H and O–H groups in total. The molecular weight excluding hydrogens is 218 g/mol. The number of rotatable bonds is 3. The average molecular weight is 231 g/mol. The van der Waals surface area contributed by atoms with Crippen LogP contribution in [0.1, 0.15) is 23.2 Å². The summed E-state index contributed by atoms with van der Waals surface area (Å²) in [5, 5.41) is 13.9. The predicted octanol–water partition coefficient (Wildman–Crippen LogP) is 0.702. The number of hydrogen-bond acceptors (Lipinski definition) is 3. The molecule has 2 aromatic heterocycles. The minimum atomic E-state index is -0.0816. The molecule has 0 spiro atoms. The fraction of sp³-hybridized carbons (Fsp3) is 0.364. The van der Waals surface area contributed by atoms with Crippen molar-refractivity contribution < 1.29 is 4.79 Å². The maximum Gasteiger partial charge on any atom is 0.255 e. The Morgan fingerprint density at radius 3 is 3.06 bits per heavy atom. The standard InChI is InChI=1S/C11H13N5O/c1-16-5-4-9(15-16)10-8(6-12-14-10)11(17)13-7-2-3-7/h4-7H,2-3H2,1H3,(H,12,14)(H,13,17). The monoisotopic (exact) mass is 231 g/mol. The number of H-pyrrole nitrogens is 1. The zero-order valence-corrected chi connectivity index (χ0v) is 9.47. The third-order valence-electron chi connectivity index (χ3n) is 2.77. The van der Waals surface area contributed by atoms with Crippen molar-refractivity contribution in [1.29, 1.82) is 0 Å². The summed E-state index contributed by atoms with van der Waals surface area (Å²) in [5.74, 6) is -0.0816. The molecule has 3 rings (SSSR count). The molecule has 2 heterocycles. The molecule has 0 radical (unpaired) electrons. The number of amides is 1. The van der Waals surface area contributed by atoms with Crippen molar-refractivity contribution in [3.63, 3.8) is 0 Å². The molecule has 1 aliphatic carbocycles. The Labute approximate surface area is 98.0 Å². The van der Waals surface area contributed by atoms with E-state index in [1.54, 1.807) is 10.9 Å². The lowest BCUT2D eigenvalue weighted by molar-refractivity contribution is 0.0952. The van der Waals surface area contributed by atoms with Crippen molar-refractivity contribution >= 4 is 5.91 Å². The summed E-state index contributed by atoms with van der Waals surface area (Å²) in [6, 6.07) is 2.19. The summed E-state index contributed by atoms with van der Waals surface area (Å²) >= 11 is 0. The molecule has 88 valence electrons. The first kappa shape index (κ1) is 10.1. The van der Waals surface area contributed by atoms with Crippen LogP contribution < -0.4 is 5.32 Å². The Morgan fingerprint density at radius 2 is 2.41 bits per heavy atom. The highest BCUT2D eigenvalue weighted by atomic mass is 16.1. The van der Waals surface area contributed by atoms with Crippen LogP contribution in [0.3, 0.4) is 0 Å². The first-order valence-corrected chi connectivity index (χ1v) is 5.58. The molecule has 1 amide bonds. The van der Waals surface area contributed by atoms with Crippen molar-refractivity contribution in [3.05, 3.63) is 24.0 Å².